The molecule has 0 aromatic carbocycles. The van der Waals surface area contributed by atoms with E-state index >= 15 is 0 Å². The van der Waals surface area contributed by atoms with E-state index in [1.54, 1.807) is 0 Å². The Balaban J connectivity index is 3.00. The second-order valence-electron chi connectivity index (χ2n) is 8.56. The van der Waals surface area contributed by atoms with Gasteiger partial charge >= 0.3 is 0 Å². The first kappa shape index (κ1) is 23.0. The third-order valence-corrected chi connectivity index (χ3v) is 4.43. The van der Waals surface area contributed by atoms with E-state index in [2.05, 4.69) is 27.7 Å². The summed E-state index contributed by atoms with van der Waals surface area (Å²) in [7, 11) is 0. The molecule has 0 heterocycles. The van der Waals surface area contributed by atoms with E-state index in [0.29, 0.717) is 5.41 Å². The number of ether oxygens (including phenoxy) is 1. The van der Waals surface area contributed by atoms with Gasteiger partial charge in [-0.05, 0) is 11.8 Å². The number of hydrogen-bond donors (Lipinski definition) is 0. The lowest BCUT2D eigenvalue weighted by atomic mass is 9.99. The van der Waals surface area contributed by atoms with Crippen molar-refractivity contribution in [2.24, 2.45) is 5.41 Å². The van der Waals surface area contributed by atoms with Crippen molar-refractivity contribution < 1.29 is 4.74 Å². The monoisotopic (exact) mass is 326 g/mol. The molecule has 0 aromatic heterocycles. The van der Waals surface area contributed by atoms with E-state index in [1.165, 1.54) is 96.3 Å². The van der Waals surface area contributed by atoms with E-state index in [1.807, 2.05) is 0 Å². The summed E-state index contributed by atoms with van der Waals surface area (Å²) in [5.74, 6) is 0. The minimum Gasteiger partial charge on any atom is -0.381 e. The van der Waals surface area contributed by atoms with Crippen molar-refractivity contribution >= 4 is 0 Å². The van der Waals surface area contributed by atoms with Crippen molar-refractivity contribution in [3.05, 3.63) is 0 Å². The van der Waals surface area contributed by atoms with Crippen LogP contribution in [0.25, 0.3) is 0 Å². The summed E-state index contributed by atoms with van der Waals surface area (Å²) in [6.45, 7) is 10.8. The number of hydrogen-bond acceptors (Lipinski definition) is 1. The molecule has 0 unspecified atom stereocenters. The summed E-state index contributed by atoms with van der Waals surface area (Å²) in [5, 5.41) is 0. The molecule has 0 spiro atoms. The van der Waals surface area contributed by atoms with E-state index in [4.69, 9.17) is 4.74 Å². The summed E-state index contributed by atoms with van der Waals surface area (Å²) in [6.07, 6.45) is 21.4. The van der Waals surface area contributed by atoms with Gasteiger partial charge in [-0.3, -0.25) is 0 Å². The van der Waals surface area contributed by atoms with E-state index in [0.717, 1.165) is 13.2 Å². The van der Waals surface area contributed by atoms with Gasteiger partial charge in [-0.1, -0.05) is 118 Å². The van der Waals surface area contributed by atoms with Gasteiger partial charge in [0.15, 0.2) is 0 Å². The van der Waals surface area contributed by atoms with Crippen molar-refractivity contribution in [3.63, 3.8) is 0 Å². The maximum Gasteiger partial charge on any atom is 0.0514 e. The molecule has 140 valence electrons. The second-order valence-corrected chi connectivity index (χ2v) is 8.56. The van der Waals surface area contributed by atoms with Gasteiger partial charge in [0.05, 0.1) is 6.61 Å². The Morgan fingerprint density at radius 3 is 1.22 bits per heavy atom. The fraction of sp³-hybridized carbons (Fsp3) is 1.00. The third-order valence-electron chi connectivity index (χ3n) is 4.43. The highest BCUT2D eigenvalue weighted by atomic mass is 16.5. The minimum atomic E-state index is 0.315. The Bertz CT molecular complexity index is 217. The van der Waals surface area contributed by atoms with Crippen LogP contribution in [0.2, 0.25) is 0 Å². The standard InChI is InChI=1S/C22H46O/c1-5-6-7-8-9-10-11-12-13-14-15-16-17-18-19-20-23-21-22(2,3)4/h5-21H2,1-4H3. The van der Waals surface area contributed by atoms with Crippen LogP contribution in [0.15, 0.2) is 0 Å². The molecule has 0 atom stereocenters. The van der Waals surface area contributed by atoms with Crippen molar-refractivity contribution in [1.29, 1.82) is 0 Å². The van der Waals surface area contributed by atoms with Crippen LogP contribution in [-0.2, 0) is 4.74 Å². The fourth-order valence-corrected chi connectivity index (χ4v) is 2.95. The van der Waals surface area contributed by atoms with Crippen LogP contribution in [0.1, 0.15) is 124 Å². The van der Waals surface area contributed by atoms with Crippen LogP contribution in [0, 0.1) is 5.41 Å². The Labute approximate surface area is 148 Å². The zero-order chi connectivity index (χ0) is 17.2. The van der Waals surface area contributed by atoms with Crippen LogP contribution in [-0.4, -0.2) is 13.2 Å². The van der Waals surface area contributed by atoms with E-state index < -0.39 is 0 Å². The van der Waals surface area contributed by atoms with Gasteiger partial charge in [0.25, 0.3) is 0 Å². The highest BCUT2D eigenvalue weighted by molar-refractivity contribution is 4.58. The van der Waals surface area contributed by atoms with Gasteiger partial charge in [0.2, 0.25) is 0 Å². The molecule has 0 rings (SSSR count). The Morgan fingerprint density at radius 1 is 0.522 bits per heavy atom. The van der Waals surface area contributed by atoms with Crippen LogP contribution < -0.4 is 0 Å². The Hall–Kier alpha value is -0.0400. The molecule has 0 amide bonds. The highest BCUT2D eigenvalue weighted by Gasteiger charge is 2.09. The number of unbranched alkanes of at least 4 members (excludes halogenated alkanes) is 14. The van der Waals surface area contributed by atoms with Crippen LogP contribution in [0.5, 0.6) is 0 Å². The lowest BCUT2D eigenvalue weighted by Crippen LogP contribution is -2.14. The normalized spacial score (nSPS) is 12.0. The second kappa shape index (κ2) is 16.8. The molecular weight excluding hydrogens is 280 g/mol. The molecule has 0 fully saturated rings. The summed E-state index contributed by atoms with van der Waals surface area (Å²) in [4.78, 5) is 0. The average molecular weight is 327 g/mol. The largest absolute Gasteiger partial charge is 0.381 e. The molecule has 23 heavy (non-hydrogen) atoms. The van der Waals surface area contributed by atoms with Gasteiger partial charge in [0, 0.05) is 6.61 Å². The molecule has 0 N–H and O–H groups in total. The first-order valence-corrected chi connectivity index (χ1v) is 10.6. The van der Waals surface area contributed by atoms with Gasteiger partial charge < -0.3 is 4.74 Å². The van der Waals surface area contributed by atoms with Crippen LogP contribution >= 0.6 is 0 Å². The fourth-order valence-electron chi connectivity index (χ4n) is 2.95. The Kier molecular flexibility index (Phi) is 16.8. The SMILES string of the molecule is CCCCCCCCCCCCCCCCCOCC(C)(C)C. The molecule has 0 saturated carbocycles. The molecule has 0 aromatic rings. The van der Waals surface area contributed by atoms with Gasteiger partial charge in [0.1, 0.15) is 0 Å². The quantitative estimate of drug-likeness (QED) is 0.247. The highest BCUT2D eigenvalue weighted by Crippen LogP contribution is 2.15. The predicted octanol–water partition coefficient (Wildman–Crippen LogP) is 7.92. The van der Waals surface area contributed by atoms with Crippen molar-refractivity contribution in [1.82, 2.24) is 0 Å². The molecule has 0 radical (unpaired) electrons. The van der Waals surface area contributed by atoms with E-state index in [9.17, 15) is 0 Å². The van der Waals surface area contributed by atoms with Crippen molar-refractivity contribution in [2.75, 3.05) is 13.2 Å². The molecule has 0 aliphatic rings. The smallest absolute Gasteiger partial charge is 0.0514 e. The van der Waals surface area contributed by atoms with Crippen LogP contribution in [0.3, 0.4) is 0 Å². The summed E-state index contributed by atoms with van der Waals surface area (Å²) in [6, 6.07) is 0. The summed E-state index contributed by atoms with van der Waals surface area (Å²) < 4.78 is 5.71. The molecule has 0 aliphatic heterocycles. The molecule has 0 saturated heterocycles. The Morgan fingerprint density at radius 2 is 0.870 bits per heavy atom. The van der Waals surface area contributed by atoms with Gasteiger partial charge in [-0.25, -0.2) is 0 Å². The van der Waals surface area contributed by atoms with Crippen molar-refractivity contribution in [2.45, 2.75) is 124 Å². The predicted molar refractivity (Wildman–Crippen MR) is 105 cm³/mol. The summed E-state index contributed by atoms with van der Waals surface area (Å²) in [5.41, 5.74) is 0.315. The first-order valence-electron chi connectivity index (χ1n) is 10.6. The van der Waals surface area contributed by atoms with Gasteiger partial charge in [-0.15, -0.1) is 0 Å². The van der Waals surface area contributed by atoms with Crippen molar-refractivity contribution in [3.8, 4) is 0 Å². The third kappa shape index (κ3) is 22.0. The van der Waals surface area contributed by atoms with E-state index in [-0.39, 0.29) is 0 Å². The topological polar surface area (TPSA) is 9.23 Å². The minimum absolute atomic E-state index is 0.315. The number of rotatable bonds is 17. The zero-order valence-electron chi connectivity index (χ0n) is 16.9. The molecule has 1 nitrogen and oxygen atoms in total. The zero-order valence-corrected chi connectivity index (χ0v) is 16.9. The maximum atomic E-state index is 5.71. The molecule has 0 bridgehead atoms. The van der Waals surface area contributed by atoms with Gasteiger partial charge in [-0.2, -0.15) is 0 Å². The first-order chi connectivity index (χ1) is 11.1. The molecule has 0 aliphatic carbocycles. The summed E-state index contributed by atoms with van der Waals surface area (Å²) >= 11 is 0. The molecule has 1 heteroatoms. The lowest BCUT2D eigenvalue weighted by Gasteiger charge is -2.17. The average Bonchev–Trinajstić information content (AvgIpc) is 2.49. The molecular formula is C22H46O. The maximum absolute atomic E-state index is 5.71. The lowest BCUT2D eigenvalue weighted by molar-refractivity contribution is 0.0686. The van der Waals surface area contributed by atoms with Crippen LogP contribution in [0.4, 0.5) is 0 Å².